The molecule has 0 saturated heterocycles. The first-order chi connectivity index (χ1) is 8.80. The zero-order valence-electron chi connectivity index (χ0n) is 10.1. The van der Waals surface area contributed by atoms with E-state index in [9.17, 15) is 0 Å². The highest BCUT2D eigenvalue weighted by molar-refractivity contribution is 5.36. The second-order valence-corrected chi connectivity index (χ2v) is 3.66. The second kappa shape index (κ2) is 7.87. The number of nitrogens with zero attached hydrogens (tertiary/aromatic N) is 3. The van der Waals surface area contributed by atoms with E-state index in [1.165, 1.54) is 0 Å². The van der Waals surface area contributed by atoms with Gasteiger partial charge in [0.05, 0.1) is 31.8 Å². The lowest BCUT2D eigenvalue weighted by Gasteiger charge is -2.14. The van der Waals surface area contributed by atoms with E-state index >= 15 is 0 Å². The Balaban J connectivity index is 2.68. The Kier molecular flexibility index (Phi) is 6.01. The van der Waals surface area contributed by atoms with Crippen molar-refractivity contribution in [2.24, 2.45) is 5.73 Å². The topological polar surface area (TPSA) is 76.8 Å². The lowest BCUT2D eigenvalue weighted by atomic mass is 10.1. The van der Waals surface area contributed by atoms with Crippen molar-refractivity contribution in [1.82, 2.24) is 4.90 Å². The molecule has 0 aliphatic rings. The minimum Gasteiger partial charge on any atom is -0.320 e. The fraction of sp³-hybridized carbons (Fsp3) is 0.286. The molecule has 0 atom stereocenters. The Morgan fingerprint density at radius 3 is 2.17 bits per heavy atom. The van der Waals surface area contributed by atoms with Crippen molar-refractivity contribution in [1.29, 1.82) is 10.5 Å². The van der Waals surface area contributed by atoms with Crippen LogP contribution in [0.1, 0.15) is 11.1 Å². The molecule has 1 aromatic rings. The molecular weight excluding hydrogens is 224 g/mol. The van der Waals surface area contributed by atoms with Gasteiger partial charge in [0, 0.05) is 12.1 Å². The molecule has 0 aliphatic carbocycles. The first kappa shape index (κ1) is 13.7. The Labute approximate surface area is 107 Å². The maximum absolute atomic E-state index is 8.65. The van der Waals surface area contributed by atoms with E-state index in [1.807, 2.05) is 24.3 Å². The van der Waals surface area contributed by atoms with Gasteiger partial charge in [-0.15, -0.1) is 0 Å². The third-order valence-electron chi connectivity index (χ3n) is 2.28. The van der Waals surface area contributed by atoms with Gasteiger partial charge in [-0.05, 0) is 17.7 Å². The number of nitrogens with two attached hydrogens (primary N) is 1. The van der Waals surface area contributed by atoms with E-state index < -0.39 is 0 Å². The van der Waals surface area contributed by atoms with Gasteiger partial charge in [0.2, 0.25) is 0 Å². The lowest BCUT2D eigenvalue weighted by Crippen LogP contribution is -2.23. The van der Waals surface area contributed by atoms with E-state index in [1.54, 1.807) is 4.90 Å². The van der Waals surface area contributed by atoms with Gasteiger partial charge in [0.25, 0.3) is 0 Å². The van der Waals surface area contributed by atoms with E-state index in [4.69, 9.17) is 16.3 Å². The highest BCUT2D eigenvalue weighted by Crippen LogP contribution is 2.06. The molecule has 18 heavy (non-hydrogen) atoms. The van der Waals surface area contributed by atoms with E-state index in [0.29, 0.717) is 13.1 Å². The Morgan fingerprint density at radius 1 is 1.06 bits per heavy atom. The minimum absolute atomic E-state index is 0.252. The summed E-state index contributed by atoms with van der Waals surface area (Å²) in [7, 11) is 0. The molecule has 0 fully saturated rings. The van der Waals surface area contributed by atoms with Crippen molar-refractivity contribution < 1.29 is 0 Å². The van der Waals surface area contributed by atoms with Gasteiger partial charge in [0.15, 0.2) is 0 Å². The fourth-order valence-electron chi connectivity index (χ4n) is 1.47. The number of benzene rings is 1. The number of nitriles is 2. The molecule has 0 bridgehead atoms. The molecule has 4 heteroatoms. The van der Waals surface area contributed by atoms with Crippen molar-refractivity contribution >= 4 is 0 Å². The van der Waals surface area contributed by atoms with Crippen LogP contribution in [0, 0.1) is 34.5 Å². The van der Waals surface area contributed by atoms with Gasteiger partial charge in [-0.1, -0.05) is 24.0 Å². The van der Waals surface area contributed by atoms with Crippen molar-refractivity contribution in [3.8, 4) is 24.0 Å². The molecule has 0 amide bonds. The monoisotopic (exact) mass is 238 g/mol. The zero-order valence-corrected chi connectivity index (χ0v) is 10.1. The quantitative estimate of drug-likeness (QED) is 0.623. The highest BCUT2D eigenvalue weighted by Gasteiger charge is 2.04. The molecule has 0 aliphatic heterocycles. The van der Waals surface area contributed by atoms with E-state index in [-0.39, 0.29) is 13.1 Å². The minimum atomic E-state index is 0.252. The first-order valence-corrected chi connectivity index (χ1v) is 5.54. The van der Waals surface area contributed by atoms with E-state index in [0.717, 1.165) is 11.1 Å². The summed E-state index contributed by atoms with van der Waals surface area (Å²) in [5.74, 6) is 5.73. The van der Waals surface area contributed by atoms with Crippen LogP contribution in [0.3, 0.4) is 0 Å². The van der Waals surface area contributed by atoms with Crippen molar-refractivity contribution in [2.75, 3.05) is 19.6 Å². The van der Waals surface area contributed by atoms with Crippen LogP contribution in [-0.2, 0) is 6.54 Å². The molecule has 0 saturated carbocycles. The molecule has 90 valence electrons. The third kappa shape index (κ3) is 4.68. The Bertz CT molecular complexity index is 492. The zero-order chi connectivity index (χ0) is 13.2. The third-order valence-corrected chi connectivity index (χ3v) is 2.28. The summed E-state index contributed by atoms with van der Waals surface area (Å²) in [6.07, 6.45) is 0. The molecule has 4 nitrogen and oxygen atoms in total. The van der Waals surface area contributed by atoms with Gasteiger partial charge in [0.1, 0.15) is 0 Å². The number of hydrogen-bond acceptors (Lipinski definition) is 4. The Hall–Kier alpha value is -2.32. The molecule has 0 aromatic heterocycles. The predicted molar refractivity (Wildman–Crippen MR) is 68.9 cm³/mol. The van der Waals surface area contributed by atoms with Gasteiger partial charge in [-0.3, -0.25) is 4.90 Å². The first-order valence-electron chi connectivity index (χ1n) is 5.54. The predicted octanol–water partition coefficient (Wildman–Crippen LogP) is 0.846. The van der Waals surface area contributed by atoms with Crippen LogP contribution in [0.25, 0.3) is 0 Å². The maximum Gasteiger partial charge on any atom is 0.0877 e. The SMILES string of the molecule is N#CCN(CC#N)Cc1ccc(C#CCN)cc1. The Morgan fingerprint density at radius 2 is 1.67 bits per heavy atom. The van der Waals surface area contributed by atoms with Crippen molar-refractivity contribution in [3.63, 3.8) is 0 Å². The summed E-state index contributed by atoms with van der Waals surface area (Å²) in [6.45, 7) is 1.44. The molecule has 1 rings (SSSR count). The average Bonchev–Trinajstić information content (AvgIpc) is 2.38. The summed E-state index contributed by atoms with van der Waals surface area (Å²) in [5.41, 5.74) is 7.27. The van der Waals surface area contributed by atoms with Crippen LogP contribution in [0.2, 0.25) is 0 Å². The summed E-state index contributed by atoms with van der Waals surface area (Å²) in [4.78, 5) is 1.78. The summed E-state index contributed by atoms with van der Waals surface area (Å²) < 4.78 is 0. The largest absolute Gasteiger partial charge is 0.320 e. The fourth-order valence-corrected chi connectivity index (χ4v) is 1.47. The summed E-state index contributed by atoms with van der Waals surface area (Å²) >= 11 is 0. The van der Waals surface area contributed by atoms with Crippen LogP contribution in [0.5, 0.6) is 0 Å². The standard InChI is InChI=1S/C14H14N4/c15-7-1-2-13-3-5-14(6-4-13)12-18(10-8-16)11-9-17/h3-6H,7,10-12,15H2. The highest BCUT2D eigenvalue weighted by atomic mass is 15.1. The van der Waals surface area contributed by atoms with Crippen molar-refractivity contribution in [2.45, 2.75) is 6.54 Å². The van der Waals surface area contributed by atoms with Gasteiger partial charge >= 0.3 is 0 Å². The molecule has 0 heterocycles. The molecule has 0 spiro atoms. The molecular formula is C14H14N4. The summed E-state index contributed by atoms with van der Waals surface area (Å²) in [5, 5.41) is 17.3. The number of hydrogen-bond donors (Lipinski definition) is 1. The van der Waals surface area contributed by atoms with Crippen LogP contribution >= 0.6 is 0 Å². The van der Waals surface area contributed by atoms with Gasteiger partial charge in [-0.25, -0.2) is 0 Å². The average molecular weight is 238 g/mol. The van der Waals surface area contributed by atoms with Gasteiger partial charge < -0.3 is 5.73 Å². The summed E-state index contributed by atoms with van der Waals surface area (Å²) in [6, 6.07) is 11.8. The molecule has 0 radical (unpaired) electrons. The normalized spacial score (nSPS) is 9.11. The van der Waals surface area contributed by atoms with Crippen molar-refractivity contribution in [3.05, 3.63) is 35.4 Å². The van der Waals surface area contributed by atoms with Crippen LogP contribution < -0.4 is 5.73 Å². The molecule has 1 aromatic carbocycles. The molecule has 2 N–H and O–H groups in total. The molecule has 0 unspecified atom stereocenters. The number of rotatable bonds is 4. The maximum atomic E-state index is 8.65. The second-order valence-electron chi connectivity index (χ2n) is 3.66. The lowest BCUT2D eigenvalue weighted by molar-refractivity contribution is 0.335. The van der Waals surface area contributed by atoms with Gasteiger partial charge in [-0.2, -0.15) is 10.5 Å². The van der Waals surface area contributed by atoms with Crippen LogP contribution in [0.4, 0.5) is 0 Å². The van der Waals surface area contributed by atoms with E-state index in [2.05, 4.69) is 24.0 Å². The smallest absolute Gasteiger partial charge is 0.0877 e. The van der Waals surface area contributed by atoms with Crippen LogP contribution in [0.15, 0.2) is 24.3 Å². The van der Waals surface area contributed by atoms with Crippen LogP contribution in [-0.4, -0.2) is 24.5 Å².